The second-order valence-electron chi connectivity index (χ2n) is 6.74. The highest BCUT2D eigenvalue weighted by Gasteiger charge is 2.08. The molecular formula is C21H30N4O. The molecule has 1 aromatic heterocycles. The van der Waals surface area contributed by atoms with E-state index in [4.69, 9.17) is 0 Å². The maximum absolute atomic E-state index is 12.2. The average molecular weight is 354 g/mol. The molecule has 0 aliphatic carbocycles. The molecule has 0 fully saturated rings. The van der Waals surface area contributed by atoms with Crippen LogP contribution in [0.1, 0.15) is 44.5 Å². The first-order chi connectivity index (χ1) is 12.5. The van der Waals surface area contributed by atoms with Gasteiger partial charge in [0, 0.05) is 37.2 Å². The smallest absolute Gasteiger partial charge is 0.252 e. The van der Waals surface area contributed by atoms with Crippen LogP contribution in [0.5, 0.6) is 0 Å². The van der Waals surface area contributed by atoms with Gasteiger partial charge >= 0.3 is 0 Å². The zero-order valence-corrected chi connectivity index (χ0v) is 16.2. The number of nitrogens with zero attached hydrogens (tertiary/aromatic N) is 2. The summed E-state index contributed by atoms with van der Waals surface area (Å²) >= 11 is 0. The quantitative estimate of drug-likeness (QED) is 0.699. The number of carbonyl (C=O) groups excluding carboxylic acids is 1. The number of aromatic nitrogens is 1. The van der Waals surface area contributed by atoms with Gasteiger partial charge in [-0.3, -0.25) is 9.78 Å². The van der Waals surface area contributed by atoms with Crippen LogP contribution in [-0.2, 0) is 0 Å². The molecule has 0 unspecified atom stereocenters. The number of nitrogens with one attached hydrogen (secondary N) is 2. The topological polar surface area (TPSA) is 57.3 Å². The highest BCUT2D eigenvalue weighted by atomic mass is 16.1. The van der Waals surface area contributed by atoms with Crippen molar-refractivity contribution in [1.82, 2.24) is 10.3 Å². The molecule has 26 heavy (non-hydrogen) atoms. The summed E-state index contributed by atoms with van der Waals surface area (Å²) in [5.41, 5.74) is 3.55. The van der Waals surface area contributed by atoms with Crippen molar-refractivity contribution in [3.63, 3.8) is 0 Å². The molecule has 0 saturated carbocycles. The van der Waals surface area contributed by atoms with E-state index < -0.39 is 0 Å². The zero-order valence-electron chi connectivity index (χ0n) is 16.2. The van der Waals surface area contributed by atoms with Crippen LogP contribution in [0.15, 0.2) is 42.7 Å². The second kappa shape index (κ2) is 9.80. The SMILES string of the molecule is CCN(CC)c1ccc(Nc2cncc(C(=O)NCCC(C)C)c2)cc1. The van der Waals surface area contributed by atoms with Crippen molar-refractivity contribution in [3.8, 4) is 0 Å². The minimum atomic E-state index is -0.0846. The number of carbonyl (C=O) groups is 1. The molecule has 0 atom stereocenters. The number of benzene rings is 1. The predicted octanol–water partition coefficient (Wildman–Crippen LogP) is 4.45. The van der Waals surface area contributed by atoms with Crippen molar-refractivity contribution < 1.29 is 4.79 Å². The van der Waals surface area contributed by atoms with Crippen molar-refractivity contribution in [2.45, 2.75) is 34.1 Å². The Labute approximate surface area is 156 Å². The van der Waals surface area contributed by atoms with Crippen molar-refractivity contribution in [3.05, 3.63) is 48.3 Å². The van der Waals surface area contributed by atoms with Crippen LogP contribution in [0.4, 0.5) is 17.1 Å². The zero-order chi connectivity index (χ0) is 18.9. The van der Waals surface area contributed by atoms with Crippen LogP contribution in [-0.4, -0.2) is 30.5 Å². The van der Waals surface area contributed by atoms with Gasteiger partial charge in [-0.1, -0.05) is 13.8 Å². The summed E-state index contributed by atoms with van der Waals surface area (Å²) in [6.45, 7) is 11.2. The number of hydrogen-bond acceptors (Lipinski definition) is 4. The maximum atomic E-state index is 12.2. The van der Waals surface area contributed by atoms with E-state index in [0.29, 0.717) is 18.0 Å². The Morgan fingerprint density at radius 2 is 1.77 bits per heavy atom. The summed E-state index contributed by atoms with van der Waals surface area (Å²) in [7, 11) is 0. The van der Waals surface area contributed by atoms with Crippen LogP contribution in [0.25, 0.3) is 0 Å². The molecule has 2 N–H and O–H groups in total. The first kappa shape index (κ1) is 19.8. The maximum Gasteiger partial charge on any atom is 0.252 e. The Morgan fingerprint density at radius 1 is 1.08 bits per heavy atom. The summed E-state index contributed by atoms with van der Waals surface area (Å²) in [4.78, 5) is 18.7. The van der Waals surface area contributed by atoms with Crippen LogP contribution < -0.4 is 15.5 Å². The molecule has 2 rings (SSSR count). The number of anilines is 3. The molecule has 0 bridgehead atoms. The van der Waals surface area contributed by atoms with Crippen LogP contribution >= 0.6 is 0 Å². The van der Waals surface area contributed by atoms with Crippen molar-refractivity contribution in [2.24, 2.45) is 5.92 Å². The van der Waals surface area contributed by atoms with Gasteiger partial charge in [0.25, 0.3) is 5.91 Å². The Bertz CT molecular complexity index is 693. The van der Waals surface area contributed by atoms with Gasteiger partial charge in [-0.05, 0) is 56.5 Å². The lowest BCUT2D eigenvalue weighted by Gasteiger charge is -2.21. The monoisotopic (exact) mass is 354 g/mol. The standard InChI is InChI=1S/C21H30N4O/c1-5-25(6-2)20-9-7-18(8-10-20)24-19-13-17(14-22-15-19)21(26)23-12-11-16(3)4/h7-10,13-16,24H,5-6,11-12H2,1-4H3,(H,23,26). The van der Waals surface area contributed by atoms with E-state index >= 15 is 0 Å². The Morgan fingerprint density at radius 3 is 2.38 bits per heavy atom. The lowest BCUT2D eigenvalue weighted by Crippen LogP contribution is -2.25. The Balaban J connectivity index is 2.00. The first-order valence-electron chi connectivity index (χ1n) is 9.38. The second-order valence-corrected chi connectivity index (χ2v) is 6.74. The van der Waals surface area contributed by atoms with Crippen molar-refractivity contribution >= 4 is 23.0 Å². The normalized spacial score (nSPS) is 10.7. The first-order valence-corrected chi connectivity index (χ1v) is 9.38. The fraction of sp³-hybridized carbons (Fsp3) is 0.429. The molecule has 0 radical (unpaired) electrons. The van der Waals surface area contributed by atoms with E-state index in [1.54, 1.807) is 12.4 Å². The predicted molar refractivity (Wildman–Crippen MR) is 109 cm³/mol. The summed E-state index contributed by atoms with van der Waals surface area (Å²) in [5.74, 6) is 0.486. The van der Waals surface area contributed by atoms with Gasteiger partial charge in [-0.25, -0.2) is 0 Å². The minimum Gasteiger partial charge on any atom is -0.372 e. The van der Waals surface area contributed by atoms with Gasteiger partial charge in [0.05, 0.1) is 17.4 Å². The van der Waals surface area contributed by atoms with Crippen LogP contribution in [0.3, 0.4) is 0 Å². The lowest BCUT2D eigenvalue weighted by atomic mass is 10.1. The van der Waals surface area contributed by atoms with Gasteiger partial charge in [0.2, 0.25) is 0 Å². The molecule has 0 aliphatic rings. The van der Waals surface area contributed by atoms with E-state index in [-0.39, 0.29) is 5.91 Å². The fourth-order valence-electron chi connectivity index (χ4n) is 2.72. The fourth-order valence-corrected chi connectivity index (χ4v) is 2.72. The van der Waals surface area contributed by atoms with Gasteiger partial charge in [0.15, 0.2) is 0 Å². The molecule has 1 heterocycles. The third kappa shape index (κ3) is 5.76. The molecule has 1 aromatic carbocycles. The van der Waals surface area contributed by atoms with E-state index in [0.717, 1.165) is 30.9 Å². The molecule has 1 amide bonds. The van der Waals surface area contributed by atoms with E-state index in [1.165, 1.54) is 5.69 Å². The summed E-state index contributed by atoms with van der Waals surface area (Å²) in [6.07, 6.45) is 4.29. The summed E-state index contributed by atoms with van der Waals surface area (Å²) in [5, 5.41) is 6.26. The van der Waals surface area contributed by atoms with Gasteiger partial charge in [-0.15, -0.1) is 0 Å². The molecule has 0 saturated heterocycles. The van der Waals surface area contributed by atoms with Gasteiger partial charge < -0.3 is 15.5 Å². The van der Waals surface area contributed by atoms with Gasteiger partial charge in [-0.2, -0.15) is 0 Å². The van der Waals surface area contributed by atoms with Crippen molar-refractivity contribution in [1.29, 1.82) is 0 Å². The third-order valence-corrected chi connectivity index (χ3v) is 4.29. The molecule has 5 heteroatoms. The Hall–Kier alpha value is -2.56. The molecule has 0 spiro atoms. The highest BCUT2D eigenvalue weighted by molar-refractivity contribution is 5.94. The lowest BCUT2D eigenvalue weighted by molar-refractivity contribution is 0.0951. The number of hydrogen-bond donors (Lipinski definition) is 2. The molecule has 0 aliphatic heterocycles. The number of pyridine rings is 1. The summed E-state index contributed by atoms with van der Waals surface area (Å²) < 4.78 is 0. The van der Waals surface area contributed by atoms with Crippen LogP contribution in [0, 0.1) is 5.92 Å². The average Bonchev–Trinajstić information content (AvgIpc) is 2.64. The molecule has 140 valence electrons. The molecule has 2 aromatic rings. The van der Waals surface area contributed by atoms with E-state index in [1.807, 2.05) is 18.2 Å². The third-order valence-electron chi connectivity index (χ3n) is 4.29. The summed E-state index contributed by atoms with van der Waals surface area (Å²) in [6, 6.07) is 10.1. The highest BCUT2D eigenvalue weighted by Crippen LogP contribution is 2.21. The van der Waals surface area contributed by atoms with E-state index in [2.05, 4.69) is 60.3 Å². The Kier molecular flexibility index (Phi) is 7.45. The molecule has 5 nitrogen and oxygen atoms in total. The van der Waals surface area contributed by atoms with Crippen molar-refractivity contribution in [2.75, 3.05) is 29.9 Å². The van der Waals surface area contributed by atoms with E-state index in [9.17, 15) is 4.79 Å². The van der Waals surface area contributed by atoms with Crippen LogP contribution in [0.2, 0.25) is 0 Å². The number of rotatable bonds is 9. The van der Waals surface area contributed by atoms with Gasteiger partial charge in [0.1, 0.15) is 0 Å². The largest absolute Gasteiger partial charge is 0.372 e. The molecular weight excluding hydrogens is 324 g/mol. The number of amides is 1. The minimum absolute atomic E-state index is 0.0846.